The fourth-order valence-corrected chi connectivity index (χ4v) is 3.34. The molecule has 94 valence electrons. The largest absolute Gasteiger partial charge is 0.340 e. The molecule has 4 heteroatoms. The number of carbonyl (C=O) groups excluding carboxylic acids is 2. The second-order valence-corrected chi connectivity index (χ2v) is 5.85. The van der Waals surface area contributed by atoms with Gasteiger partial charge in [0.05, 0.1) is 6.54 Å². The lowest BCUT2D eigenvalue weighted by atomic mass is 9.91. The third-order valence-corrected chi connectivity index (χ3v) is 4.62. The summed E-state index contributed by atoms with van der Waals surface area (Å²) in [5.41, 5.74) is -0.543. The molecule has 1 spiro atoms. The summed E-state index contributed by atoms with van der Waals surface area (Å²) in [5, 5.41) is 2.96. The van der Waals surface area contributed by atoms with Crippen LogP contribution < -0.4 is 5.32 Å². The van der Waals surface area contributed by atoms with Crippen LogP contribution in [0.2, 0.25) is 0 Å². The Labute approximate surface area is 102 Å². The first-order valence-electron chi connectivity index (χ1n) is 6.74. The number of nitrogens with zero attached hydrogens (tertiary/aromatic N) is 1. The maximum Gasteiger partial charge on any atom is 0.249 e. The Kier molecular flexibility index (Phi) is 2.42. The summed E-state index contributed by atoms with van der Waals surface area (Å²) >= 11 is 0. The molecule has 3 fully saturated rings. The molecule has 0 aromatic heterocycles. The van der Waals surface area contributed by atoms with Crippen molar-refractivity contribution in [3.05, 3.63) is 0 Å². The van der Waals surface area contributed by atoms with E-state index in [0.717, 1.165) is 25.7 Å². The van der Waals surface area contributed by atoms with Crippen molar-refractivity contribution in [2.75, 3.05) is 6.54 Å². The Hall–Kier alpha value is -1.06. The summed E-state index contributed by atoms with van der Waals surface area (Å²) in [5.74, 6) is 0.830. The Balaban J connectivity index is 1.83. The molecule has 1 unspecified atom stereocenters. The van der Waals surface area contributed by atoms with E-state index in [2.05, 4.69) is 12.2 Å². The highest BCUT2D eigenvalue weighted by Gasteiger charge is 2.50. The monoisotopic (exact) mass is 236 g/mol. The van der Waals surface area contributed by atoms with Gasteiger partial charge < -0.3 is 10.2 Å². The minimum Gasteiger partial charge on any atom is -0.340 e. The molecule has 2 saturated carbocycles. The van der Waals surface area contributed by atoms with Crippen LogP contribution in [0, 0.1) is 5.92 Å². The third kappa shape index (κ3) is 1.74. The molecule has 0 aromatic rings. The molecule has 1 N–H and O–H groups in total. The number of amides is 2. The van der Waals surface area contributed by atoms with Crippen molar-refractivity contribution in [2.45, 2.75) is 57.0 Å². The van der Waals surface area contributed by atoms with Crippen LogP contribution in [0.4, 0.5) is 0 Å². The van der Waals surface area contributed by atoms with Crippen LogP contribution in [-0.2, 0) is 9.59 Å². The average molecular weight is 236 g/mol. The second kappa shape index (κ2) is 3.72. The zero-order valence-electron chi connectivity index (χ0n) is 10.4. The van der Waals surface area contributed by atoms with Crippen molar-refractivity contribution in [3.63, 3.8) is 0 Å². The van der Waals surface area contributed by atoms with Gasteiger partial charge in [0.2, 0.25) is 11.8 Å². The number of hydrogen-bond donors (Lipinski definition) is 1. The van der Waals surface area contributed by atoms with Gasteiger partial charge in [0.15, 0.2) is 0 Å². The van der Waals surface area contributed by atoms with Crippen molar-refractivity contribution >= 4 is 11.8 Å². The topological polar surface area (TPSA) is 49.4 Å². The van der Waals surface area contributed by atoms with E-state index in [1.807, 2.05) is 4.90 Å². The Morgan fingerprint density at radius 1 is 1.29 bits per heavy atom. The van der Waals surface area contributed by atoms with E-state index in [4.69, 9.17) is 0 Å². The van der Waals surface area contributed by atoms with E-state index in [0.29, 0.717) is 5.92 Å². The van der Waals surface area contributed by atoms with Crippen molar-refractivity contribution in [1.29, 1.82) is 0 Å². The molecule has 3 rings (SSSR count). The van der Waals surface area contributed by atoms with E-state index in [-0.39, 0.29) is 24.4 Å². The zero-order chi connectivity index (χ0) is 12.0. The van der Waals surface area contributed by atoms with Gasteiger partial charge >= 0.3 is 0 Å². The van der Waals surface area contributed by atoms with Crippen LogP contribution in [0.1, 0.15) is 45.4 Å². The van der Waals surface area contributed by atoms with E-state index in [9.17, 15) is 9.59 Å². The Bertz CT molecular complexity index is 356. The number of piperazine rings is 1. The number of hydrogen-bond acceptors (Lipinski definition) is 2. The van der Waals surface area contributed by atoms with Gasteiger partial charge in [0.1, 0.15) is 5.54 Å². The second-order valence-electron chi connectivity index (χ2n) is 5.85. The fraction of sp³-hybridized carbons (Fsp3) is 0.846. The van der Waals surface area contributed by atoms with Crippen LogP contribution in [0.15, 0.2) is 0 Å². The first kappa shape index (κ1) is 11.1. The minimum absolute atomic E-state index is 0.0269. The standard InChI is InChI=1S/C13H20N2O2/c1-9(10-4-5-10)15-8-11(16)14-13(12(15)17)6-2-3-7-13/h9-10H,2-8H2,1H3,(H,14,16). The molecule has 0 radical (unpaired) electrons. The molecule has 1 saturated heterocycles. The van der Waals surface area contributed by atoms with Crippen LogP contribution in [-0.4, -0.2) is 34.8 Å². The quantitative estimate of drug-likeness (QED) is 0.779. The van der Waals surface area contributed by atoms with Crippen molar-refractivity contribution in [3.8, 4) is 0 Å². The maximum atomic E-state index is 12.6. The molecule has 0 aromatic carbocycles. The Morgan fingerprint density at radius 2 is 1.94 bits per heavy atom. The van der Waals surface area contributed by atoms with Gasteiger partial charge in [0.25, 0.3) is 0 Å². The molecule has 3 aliphatic rings. The summed E-state index contributed by atoms with van der Waals surface area (Å²) in [4.78, 5) is 26.2. The lowest BCUT2D eigenvalue weighted by Crippen LogP contribution is -2.67. The minimum atomic E-state index is -0.543. The van der Waals surface area contributed by atoms with Crippen LogP contribution in [0.25, 0.3) is 0 Å². The molecule has 4 nitrogen and oxygen atoms in total. The first-order valence-corrected chi connectivity index (χ1v) is 6.74. The van der Waals surface area contributed by atoms with Gasteiger partial charge in [-0.2, -0.15) is 0 Å². The van der Waals surface area contributed by atoms with Gasteiger partial charge in [-0.25, -0.2) is 0 Å². The van der Waals surface area contributed by atoms with Gasteiger partial charge in [-0.05, 0) is 38.5 Å². The van der Waals surface area contributed by atoms with Gasteiger partial charge in [0, 0.05) is 6.04 Å². The molecule has 2 aliphatic carbocycles. The van der Waals surface area contributed by atoms with Crippen LogP contribution in [0.5, 0.6) is 0 Å². The lowest BCUT2D eigenvalue weighted by Gasteiger charge is -2.42. The Morgan fingerprint density at radius 3 is 2.53 bits per heavy atom. The van der Waals surface area contributed by atoms with Crippen molar-refractivity contribution < 1.29 is 9.59 Å². The van der Waals surface area contributed by atoms with Crippen LogP contribution in [0.3, 0.4) is 0 Å². The normalized spacial score (nSPS) is 29.6. The predicted molar refractivity (Wildman–Crippen MR) is 63.2 cm³/mol. The molecular weight excluding hydrogens is 216 g/mol. The highest BCUT2D eigenvalue weighted by molar-refractivity contribution is 5.98. The summed E-state index contributed by atoms with van der Waals surface area (Å²) in [6.45, 7) is 2.36. The smallest absolute Gasteiger partial charge is 0.249 e. The van der Waals surface area contributed by atoms with E-state index >= 15 is 0 Å². The number of nitrogens with one attached hydrogen (secondary N) is 1. The third-order valence-electron chi connectivity index (χ3n) is 4.62. The molecule has 1 heterocycles. The number of rotatable bonds is 2. The van der Waals surface area contributed by atoms with Gasteiger partial charge in [-0.1, -0.05) is 12.8 Å². The molecule has 2 amide bonds. The van der Waals surface area contributed by atoms with Crippen LogP contribution >= 0.6 is 0 Å². The SMILES string of the molecule is CC(C1CC1)N1CC(=O)NC2(CCCC2)C1=O. The molecular formula is C13H20N2O2. The van der Waals surface area contributed by atoms with Crippen molar-refractivity contribution in [2.24, 2.45) is 5.92 Å². The molecule has 17 heavy (non-hydrogen) atoms. The van der Waals surface area contributed by atoms with Gasteiger partial charge in [-0.15, -0.1) is 0 Å². The van der Waals surface area contributed by atoms with Crippen molar-refractivity contribution in [1.82, 2.24) is 10.2 Å². The molecule has 1 aliphatic heterocycles. The molecule has 1 atom stereocenters. The summed E-state index contributed by atoms with van der Waals surface area (Å²) in [7, 11) is 0. The van der Waals surface area contributed by atoms with E-state index in [1.54, 1.807) is 0 Å². The molecule has 0 bridgehead atoms. The van der Waals surface area contributed by atoms with Gasteiger partial charge in [-0.3, -0.25) is 9.59 Å². The highest BCUT2D eigenvalue weighted by Crippen LogP contribution is 2.39. The predicted octanol–water partition coefficient (Wildman–Crippen LogP) is 1.06. The summed E-state index contributed by atoms with van der Waals surface area (Å²) in [6.07, 6.45) is 6.17. The first-order chi connectivity index (χ1) is 8.12. The fourth-order valence-electron chi connectivity index (χ4n) is 3.34. The van der Waals surface area contributed by atoms with E-state index in [1.165, 1.54) is 12.8 Å². The maximum absolute atomic E-state index is 12.6. The zero-order valence-corrected chi connectivity index (χ0v) is 10.4. The van der Waals surface area contributed by atoms with E-state index < -0.39 is 5.54 Å². The number of carbonyl (C=O) groups is 2. The lowest BCUT2D eigenvalue weighted by molar-refractivity contribution is -0.152. The summed E-state index contributed by atoms with van der Waals surface area (Å²) in [6, 6.07) is 0.242. The summed E-state index contributed by atoms with van der Waals surface area (Å²) < 4.78 is 0. The average Bonchev–Trinajstić information content (AvgIpc) is 3.05. The highest BCUT2D eigenvalue weighted by atomic mass is 16.2.